The number of hydrogen-bond donors (Lipinski definition) is 0. The maximum atomic E-state index is 12.1. The van der Waals surface area contributed by atoms with Crippen LogP contribution in [-0.4, -0.2) is 35.4 Å². The van der Waals surface area contributed by atoms with Crippen LogP contribution in [0.2, 0.25) is 0 Å². The lowest BCUT2D eigenvalue weighted by molar-refractivity contribution is 0.325. The molecule has 3 nitrogen and oxygen atoms in total. The summed E-state index contributed by atoms with van der Waals surface area (Å²) in [5, 5.41) is 0. The van der Waals surface area contributed by atoms with Gasteiger partial charge in [0.1, 0.15) is 0 Å². The Bertz CT molecular complexity index is 218. The first-order valence-corrected chi connectivity index (χ1v) is 8.41. The molecule has 0 spiro atoms. The molecule has 0 aromatic carbocycles. The number of halogens is 1. The van der Waals surface area contributed by atoms with E-state index in [1.165, 1.54) is 21.5 Å². The van der Waals surface area contributed by atoms with Crippen LogP contribution in [0, 0.1) is 0 Å². The molecular formula is C7H15ClNO2PS2. The van der Waals surface area contributed by atoms with Crippen LogP contribution in [0.1, 0.15) is 13.3 Å². The molecule has 0 saturated heterocycles. The van der Waals surface area contributed by atoms with Crippen LogP contribution in [0.4, 0.5) is 0 Å². The smallest absolute Gasteiger partial charge is 0.306 e. The molecule has 0 heterocycles. The van der Waals surface area contributed by atoms with Crippen LogP contribution in [0.25, 0.3) is 0 Å². The van der Waals surface area contributed by atoms with Crippen LogP contribution >= 0.6 is 41.9 Å². The summed E-state index contributed by atoms with van der Waals surface area (Å²) in [7, 11) is 1.66. The summed E-state index contributed by atoms with van der Waals surface area (Å²) in [4.78, 5) is 0. The topological polar surface area (TPSA) is 29.5 Å². The van der Waals surface area contributed by atoms with Crippen LogP contribution in [0.5, 0.6) is 0 Å². The summed E-state index contributed by atoms with van der Waals surface area (Å²) in [6.45, 7) is -0.582. The monoisotopic (exact) mass is 275 g/mol. The molecule has 7 heteroatoms. The Morgan fingerprint density at radius 1 is 1.71 bits per heavy atom. The van der Waals surface area contributed by atoms with Crippen molar-refractivity contribution in [1.82, 2.24) is 4.67 Å². The summed E-state index contributed by atoms with van der Waals surface area (Å²) in [6.07, 6.45) is 0.814. The molecule has 1 unspecified atom stereocenters. The van der Waals surface area contributed by atoms with Gasteiger partial charge in [0.2, 0.25) is 0 Å². The van der Waals surface area contributed by atoms with E-state index in [0.717, 1.165) is 6.42 Å². The van der Waals surface area contributed by atoms with Gasteiger partial charge < -0.3 is 4.52 Å². The molecule has 0 aromatic rings. The molecule has 0 saturated carbocycles. The molecule has 0 aromatic heterocycles. The highest BCUT2D eigenvalue weighted by atomic mass is 35.5. The summed E-state index contributed by atoms with van der Waals surface area (Å²) >= 11 is 11.5. The first-order valence-electron chi connectivity index (χ1n) is 4.24. The lowest BCUT2D eigenvalue weighted by atomic mass is 10.6. The van der Waals surface area contributed by atoms with Crippen molar-refractivity contribution in [1.29, 1.82) is 0 Å². The van der Waals surface area contributed by atoms with Crippen LogP contribution in [0.15, 0.2) is 0 Å². The van der Waals surface area contributed by atoms with Crippen molar-refractivity contribution in [3.8, 4) is 0 Å². The van der Waals surface area contributed by atoms with Crippen molar-refractivity contribution in [2.75, 3.05) is 25.3 Å². The quantitative estimate of drug-likeness (QED) is 0.293. The van der Waals surface area contributed by atoms with Crippen molar-refractivity contribution < 1.29 is 9.09 Å². The van der Waals surface area contributed by atoms with Gasteiger partial charge in [0, 0.05) is 18.7 Å². The second kappa shape index (κ2) is 7.94. The maximum absolute atomic E-state index is 12.1. The van der Waals surface area contributed by atoms with Gasteiger partial charge in [-0.2, -0.15) is 0 Å². The molecule has 0 aliphatic heterocycles. The van der Waals surface area contributed by atoms with Gasteiger partial charge >= 0.3 is 6.72 Å². The minimum Gasteiger partial charge on any atom is -0.306 e. The number of nitrogens with zero attached hydrogens (tertiary/aromatic N) is 1. The zero-order valence-electron chi connectivity index (χ0n) is 8.31. The number of thiocarbonyl (C=S) groups is 1. The molecule has 0 aliphatic carbocycles. The molecule has 0 radical (unpaired) electrons. The average Bonchev–Trinajstić information content (AvgIpc) is 2.17. The van der Waals surface area contributed by atoms with Crippen molar-refractivity contribution in [2.45, 2.75) is 13.3 Å². The van der Waals surface area contributed by atoms with Gasteiger partial charge in [-0.25, -0.2) is 0 Å². The number of alkyl halides is 1. The minimum atomic E-state index is -2.81. The van der Waals surface area contributed by atoms with Gasteiger partial charge in [0.05, 0.1) is 12.1 Å². The maximum Gasteiger partial charge on any atom is 0.353 e. The highest BCUT2D eigenvalue weighted by molar-refractivity contribution is 8.56. The van der Waals surface area contributed by atoms with Crippen LogP contribution in [-0.2, 0) is 9.09 Å². The summed E-state index contributed by atoms with van der Waals surface area (Å²) in [6, 6.07) is 0. The Hall–Kier alpha value is 0.720. The molecule has 84 valence electrons. The van der Waals surface area contributed by atoms with Crippen molar-refractivity contribution in [2.24, 2.45) is 0 Å². The molecular weight excluding hydrogens is 261 g/mol. The Balaban J connectivity index is 4.24. The van der Waals surface area contributed by atoms with E-state index in [1.54, 1.807) is 7.05 Å². The minimum absolute atomic E-state index is 0.415. The third-order valence-electron chi connectivity index (χ3n) is 1.36. The van der Waals surface area contributed by atoms with Gasteiger partial charge in [-0.3, -0.25) is 9.24 Å². The zero-order valence-corrected chi connectivity index (χ0v) is 11.6. The average molecular weight is 276 g/mol. The summed E-state index contributed by atoms with van der Waals surface area (Å²) in [5.41, 5.74) is 1.35. The highest BCUT2D eigenvalue weighted by Crippen LogP contribution is 2.61. The largest absolute Gasteiger partial charge is 0.353 e. The van der Waals surface area contributed by atoms with E-state index in [2.05, 4.69) is 0 Å². The first-order chi connectivity index (χ1) is 6.60. The zero-order chi connectivity index (χ0) is 11.0. The lowest BCUT2D eigenvalue weighted by Crippen LogP contribution is -2.11. The van der Waals surface area contributed by atoms with E-state index in [4.69, 9.17) is 28.3 Å². The second-order valence-electron chi connectivity index (χ2n) is 2.44. The standard InChI is InChI=1S/C7H15ClNO2PS2/c1-3-11-12(10,9(2)7-13)14-6-4-5-8/h7H,3-6H2,1-2H3. The molecule has 0 rings (SSSR count). The molecule has 0 amide bonds. The van der Waals surface area contributed by atoms with Gasteiger partial charge in [-0.15, -0.1) is 11.6 Å². The van der Waals surface area contributed by atoms with Crippen LogP contribution < -0.4 is 0 Å². The third kappa shape index (κ3) is 4.99. The SMILES string of the molecule is CCOP(=O)(SCCCCl)N(C)C=S. The molecule has 0 bridgehead atoms. The van der Waals surface area contributed by atoms with E-state index in [9.17, 15) is 4.57 Å². The van der Waals surface area contributed by atoms with Crippen molar-refractivity contribution in [3.63, 3.8) is 0 Å². The van der Waals surface area contributed by atoms with Gasteiger partial charge in [-0.1, -0.05) is 12.2 Å². The van der Waals surface area contributed by atoms with Crippen molar-refractivity contribution >= 4 is 47.4 Å². The highest BCUT2D eigenvalue weighted by Gasteiger charge is 2.27. The van der Waals surface area contributed by atoms with E-state index >= 15 is 0 Å². The summed E-state index contributed by atoms with van der Waals surface area (Å²) in [5.74, 6) is 1.29. The van der Waals surface area contributed by atoms with Crippen molar-refractivity contribution in [3.05, 3.63) is 0 Å². The Morgan fingerprint density at radius 3 is 2.79 bits per heavy atom. The Labute approximate surface area is 99.8 Å². The first kappa shape index (κ1) is 14.7. The van der Waals surface area contributed by atoms with E-state index in [1.807, 2.05) is 6.92 Å². The third-order valence-corrected chi connectivity index (χ3v) is 6.99. The van der Waals surface area contributed by atoms with Gasteiger partial charge in [0.25, 0.3) is 0 Å². The van der Waals surface area contributed by atoms with Gasteiger partial charge in [-0.05, 0) is 24.7 Å². The molecule has 0 fully saturated rings. The van der Waals surface area contributed by atoms with E-state index in [-0.39, 0.29) is 0 Å². The van der Waals surface area contributed by atoms with E-state index < -0.39 is 6.72 Å². The predicted molar refractivity (Wildman–Crippen MR) is 68.4 cm³/mol. The molecule has 1 atom stereocenters. The fraction of sp³-hybridized carbons (Fsp3) is 0.857. The Kier molecular flexibility index (Phi) is 8.35. The number of rotatable bonds is 8. The normalized spacial score (nSPS) is 14.8. The lowest BCUT2D eigenvalue weighted by Gasteiger charge is -2.24. The molecule has 0 aliphatic rings. The van der Waals surface area contributed by atoms with E-state index in [0.29, 0.717) is 18.2 Å². The predicted octanol–water partition coefficient (Wildman–Crippen LogP) is 3.38. The second-order valence-corrected chi connectivity index (χ2v) is 7.68. The molecule has 0 N–H and O–H groups in total. The fourth-order valence-corrected chi connectivity index (χ4v) is 5.21. The van der Waals surface area contributed by atoms with Crippen LogP contribution in [0.3, 0.4) is 0 Å². The summed E-state index contributed by atoms with van der Waals surface area (Å²) < 4.78 is 18.8. The number of hydrogen-bond acceptors (Lipinski definition) is 4. The molecule has 14 heavy (non-hydrogen) atoms. The Morgan fingerprint density at radius 2 is 2.36 bits per heavy atom. The fourth-order valence-electron chi connectivity index (χ4n) is 0.675. The van der Waals surface area contributed by atoms with Gasteiger partial charge in [0.15, 0.2) is 0 Å².